The molecule has 2 heterocycles. The van der Waals surface area contributed by atoms with Crippen LogP contribution in [0.2, 0.25) is 0 Å². The Kier molecular flexibility index (Phi) is 4.50. The number of nitrogens with zero attached hydrogens (tertiary/aromatic N) is 1. The van der Waals surface area contributed by atoms with Gasteiger partial charge in [-0.15, -0.1) is 36.3 Å². The van der Waals surface area contributed by atoms with Crippen molar-refractivity contribution >= 4 is 29.2 Å². The van der Waals surface area contributed by atoms with Crippen LogP contribution in [0.1, 0.15) is 15.7 Å². The molecule has 0 radical (unpaired) electrons. The number of rotatable bonds is 3. The standard InChI is InChI=1S/C19H12F3NOS2/c20-19(21,22)24-14-8-5-13(6-9-14)18-23-11-17(26-18)16-10-7-12-3-1-2-4-15(12)25-16/h1-11,16H. The van der Waals surface area contributed by atoms with Gasteiger partial charge in [0.25, 0.3) is 0 Å². The van der Waals surface area contributed by atoms with E-state index in [1.807, 2.05) is 18.3 Å². The zero-order valence-corrected chi connectivity index (χ0v) is 14.9. The van der Waals surface area contributed by atoms with Crippen LogP contribution in [0.4, 0.5) is 13.2 Å². The second-order valence-electron chi connectivity index (χ2n) is 5.58. The van der Waals surface area contributed by atoms with E-state index in [-0.39, 0.29) is 11.0 Å². The molecule has 26 heavy (non-hydrogen) atoms. The van der Waals surface area contributed by atoms with Gasteiger partial charge in [0.15, 0.2) is 0 Å². The summed E-state index contributed by atoms with van der Waals surface area (Å²) >= 11 is 3.31. The number of thioether (sulfide) groups is 1. The third-order valence-electron chi connectivity index (χ3n) is 3.76. The van der Waals surface area contributed by atoms with E-state index in [1.54, 1.807) is 23.9 Å². The zero-order chi connectivity index (χ0) is 18.1. The van der Waals surface area contributed by atoms with Crippen LogP contribution in [0, 0.1) is 0 Å². The fourth-order valence-electron chi connectivity index (χ4n) is 2.60. The fraction of sp³-hybridized carbons (Fsp3) is 0.105. The Morgan fingerprint density at radius 3 is 2.54 bits per heavy atom. The first-order chi connectivity index (χ1) is 12.5. The van der Waals surface area contributed by atoms with Gasteiger partial charge in [-0.1, -0.05) is 30.4 Å². The van der Waals surface area contributed by atoms with Crippen molar-refractivity contribution in [2.75, 3.05) is 0 Å². The van der Waals surface area contributed by atoms with Gasteiger partial charge in [-0.25, -0.2) is 4.98 Å². The maximum Gasteiger partial charge on any atom is 0.573 e. The van der Waals surface area contributed by atoms with Crippen molar-refractivity contribution < 1.29 is 17.9 Å². The summed E-state index contributed by atoms with van der Waals surface area (Å²) in [5.74, 6) is -0.236. The summed E-state index contributed by atoms with van der Waals surface area (Å²) in [6, 6.07) is 14.0. The lowest BCUT2D eigenvalue weighted by atomic mass is 10.2. The molecular weight excluding hydrogens is 379 g/mol. The van der Waals surface area contributed by atoms with Gasteiger partial charge in [0, 0.05) is 21.5 Å². The van der Waals surface area contributed by atoms with Crippen molar-refractivity contribution in [2.24, 2.45) is 0 Å². The molecule has 2 nitrogen and oxygen atoms in total. The summed E-state index contributed by atoms with van der Waals surface area (Å²) in [7, 11) is 0. The molecule has 0 spiro atoms. The van der Waals surface area contributed by atoms with Gasteiger partial charge < -0.3 is 4.74 Å². The van der Waals surface area contributed by atoms with Crippen LogP contribution in [0.5, 0.6) is 5.75 Å². The molecule has 1 aliphatic heterocycles. The molecule has 0 fully saturated rings. The number of halogens is 3. The van der Waals surface area contributed by atoms with Crippen LogP contribution in [0.15, 0.2) is 65.7 Å². The minimum Gasteiger partial charge on any atom is -0.406 e. The van der Waals surface area contributed by atoms with Gasteiger partial charge in [-0.05, 0) is 35.9 Å². The molecule has 7 heteroatoms. The normalized spacial score (nSPS) is 16.3. The third-order valence-corrected chi connectivity index (χ3v) is 6.33. The van der Waals surface area contributed by atoms with E-state index >= 15 is 0 Å². The predicted octanol–water partition coefficient (Wildman–Crippen LogP) is 6.57. The quantitative estimate of drug-likeness (QED) is 0.504. The van der Waals surface area contributed by atoms with Crippen LogP contribution < -0.4 is 4.74 Å². The first-order valence-electron chi connectivity index (χ1n) is 7.74. The Morgan fingerprint density at radius 2 is 1.77 bits per heavy atom. The highest BCUT2D eigenvalue weighted by molar-refractivity contribution is 8.00. The van der Waals surface area contributed by atoms with Crippen LogP contribution in [-0.4, -0.2) is 11.3 Å². The highest BCUT2D eigenvalue weighted by atomic mass is 32.2. The molecule has 1 aromatic heterocycles. The van der Waals surface area contributed by atoms with Crippen molar-refractivity contribution in [3.05, 3.63) is 71.2 Å². The largest absolute Gasteiger partial charge is 0.573 e. The molecule has 3 aromatic rings. The second kappa shape index (κ2) is 6.81. The maximum absolute atomic E-state index is 12.2. The van der Waals surface area contributed by atoms with E-state index in [2.05, 4.69) is 34.0 Å². The van der Waals surface area contributed by atoms with Gasteiger partial charge in [0.05, 0.1) is 5.25 Å². The topological polar surface area (TPSA) is 22.1 Å². The maximum atomic E-state index is 12.2. The molecule has 0 bridgehead atoms. The van der Waals surface area contributed by atoms with E-state index in [1.165, 1.54) is 33.9 Å². The Balaban J connectivity index is 1.52. The van der Waals surface area contributed by atoms with Gasteiger partial charge in [0.2, 0.25) is 0 Å². The summed E-state index contributed by atoms with van der Waals surface area (Å²) in [4.78, 5) is 6.76. The molecule has 1 aliphatic rings. The third kappa shape index (κ3) is 3.78. The number of benzene rings is 2. The number of fused-ring (bicyclic) bond motifs is 1. The number of thiazole rings is 1. The van der Waals surface area contributed by atoms with Crippen LogP contribution in [0.25, 0.3) is 16.6 Å². The molecule has 1 unspecified atom stereocenters. The predicted molar refractivity (Wildman–Crippen MR) is 98.3 cm³/mol. The first-order valence-corrected chi connectivity index (χ1v) is 9.43. The fourth-order valence-corrected chi connectivity index (χ4v) is 4.80. The second-order valence-corrected chi connectivity index (χ2v) is 7.82. The Bertz CT molecular complexity index is 948. The highest BCUT2D eigenvalue weighted by Gasteiger charge is 2.31. The number of hydrogen-bond donors (Lipinski definition) is 0. The van der Waals surface area contributed by atoms with Crippen molar-refractivity contribution in [3.63, 3.8) is 0 Å². The van der Waals surface area contributed by atoms with E-state index in [9.17, 15) is 13.2 Å². The van der Waals surface area contributed by atoms with E-state index in [0.717, 1.165) is 15.4 Å². The summed E-state index contributed by atoms with van der Waals surface area (Å²) in [5, 5.41) is 0.954. The SMILES string of the molecule is FC(F)(F)Oc1ccc(-c2ncc(C3C=Cc4ccccc4S3)s2)cc1. The Morgan fingerprint density at radius 1 is 1.00 bits per heavy atom. The lowest BCUT2D eigenvalue weighted by Gasteiger charge is -2.17. The highest BCUT2D eigenvalue weighted by Crippen LogP contribution is 2.45. The molecule has 4 rings (SSSR count). The molecule has 132 valence electrons. The lowest BCUT2D eigenvalue weighted by Crippen LogP contribution is -2.16. The Labute approximate surface area is 156 Å². The average Bonchev–Trinajstić information content (AvgIpc) is 3.11. The van der Waals surface area contributed by atoms with Gasteiger partial charge >= 0.3 is 6.36 Å². The molecule has 0 aliphatic carbocycles. The molecule has 0 amide bonds. The minimum atomic E-state index is -4.68. The van der Waals surface area contributed by atoms with Crippen LogP contribution in [0.3, 0.4) is 0 Å². The van der Waals surface area contributed by atoms with Gasteiger partial charge in [0.1, 0.15) is 10.8 Å². The van der Waals surface area contributed by atoms with Crippen molar-refractivity contribution in [2.45, 2.75) is 16.5 Å². The minimum absolute atomic E-state index is 0.184. The van der Waals surface area contributed by atoms with Crippen molar-refractivity contribution in [3.8, 4) is 16.3 Å². The smallest absolute Gasteiger partial charge is 0.406 e. The summed E-state index contributed by atoms with van der Waals surface area (Å²) in [6.45, 7) is 0. The number of aromatic nitrogens is 1. The summed E-state index contributed by atoms with van der Waals surface area (Å²) in [5.41, 5.74) is 1.97. The zero-order valence-electron chi connectivity index (χ0n) is 13.2. The van der Waals surface area contributed by atoms with Gasteiger partial charge in [-0.3, -0.25) is 0 Å². The molecular formula is C19H12F3NOS2. The number of ether oxygens (including phenoxy) is 1. The number of alkyl halides is 3. The Hall–Kier alpha value is -2.25. The van der Waals surface area contributed by atoms with E-state index in [4.69, 9.17) is 0 Å². The van der Waals surface area contributed by atoms with Crippen LogP contribution in [-0.2, 0) is 0 Å². The monoisotopic (exact) mass is 391 g/mol. The molecule has 1 atom stereocenters. The van der Waals surface area contributed by atoms with E-state index < -0.39 is 6.36 Å². The summed E-state index contributed by atoms with van der Waals surface area (Å²) in [6.07, 6.45) is 1.40. The van der Waals surface area contributed by atoms with Crippen LogP contribution >= 0.6 is 23.1 Å². The molecule has 0 N–H and O–H groups in total. The van der Waals surface area contributed by atoms with E-state index in [0.29, 0.717) is 0 Å². The number of hydrogen-bond acceptors (Lipinski definition) is 4. The van der Waals surface area contributed by atoms with Gasteiger partial charge in [-0.2, -0.15) is 0 Å². The molecule has 0 saturated carbocycles. The van der Waals surface area contributed by atoms with Crippen molar-refractivity contribution in [1.82, 2.24) is 4.98 Å². The average molecular weight is 391 g/mol. The molecule has 0 saturated heterocycles. The van der Waals surface area contributed by atoms with Crippen molar-refractivity contribution in [1.29, 1.82) is 0 Å². The molecule has 2 aromatic carbocycles. The summed E-state index contributed by atoms with van der Waals surface area (Å²) < 4.78 is 40.6. The first kappa shape index (κ1) is 17.2. The lowest BCUT2D eigenvalue weighted by molar-refractivity contribution is -0.274.